The molecule has 1 aromatic carbocycles. The fraction of sp³-hybridized carbons (Fsp3) is 0.421. The third-order valence-corrected chi connectivity index (χ3v) is 4.15. The number of hydrogen-bond donors (Lipinski definition) is 0. The maximum atomic E-state index is 12.5. The number of benzene rings is 1. The van der Waals surface area contributed by atoms with Crippen molar-refractivity contribution >= 4 is 17.5 Å². The van der Waals surface area contributed by atoms with Gasteiger partial charge in [-0.25, -0.2) is 4.79 Å². The van der Waals surface area contributed by atoms with Gasteiger partial charge in [0.05, 0.1) is 18.4 Å². The molecule has 0 spiro atoms. The molecule has 0 radical (unpaired) electrons. The molecule has 2 rings (SSSR count). The summed E-state index contributed by atoms with van der Waals surface area (Å²) in [6.45, 7) is 4.01. The molecule has 26 heavy (non-hydrogen) atoms. The normalized spacial score (nSPS) is 17.6. The second kappa shape index (κ2) is 10.5. The first-order valence-corrected chi connectivity index (χ1v) is 8.32. The smallest absolute Gasteiger partial charge is 0.875 e. The van der Waals surface area contributed by atoms with Crippen molar-refractivity contribution in [2.75, 3.05) is 13.7 Å². The predicted molar refractivity (Wildman–Crippen MR) is 91.1 cm³/mol. The number of methoxy groups -OCH3 is 1. The topological polar surface area (TPSA) is 88.0 Å². The maximum absolute atomic E-state index is 12.5. The molecule has 1 unspecified atom stereocenters. The molecule has 0 bridgehead atoms. The van der Waals surface area contributed by atoms with Crippen LogP contribution in [-0.2, 0) is 14.4 Å². The van der Waals surface area contributed by atoms with Gasteiger partial charge in [0, 0.05) is 12.0 Å². The van der Waals surface area contributed by atoms with Gasteiger partial charge in [0.2, 0.25) is 0 Å². The molecular formula is C19H22NNaO5. The van der Waals surface area contributed by atoms with E-state index in [1.807, 2.05) is 6.92 Å². The van der Waals surface area contributed by atoms with Crippen molar-refractivity contribution in [2.45, 2.75) is 39.0 Å². The van der Waals surface area contributed by atoms with Crippen LogP contribution in [0.15, 0.2) is 40.8 Å². The predicted octanol–water partition coefficient (Wildman–Crippen LogP) is -0.659. The van der Waals surface area contributed by atoms with Gasteiger partial charge >= 0.3 is 35.5 Å². The quantitative estimate of drug-likeness (QED) is 0.288. The van der Waals surface area contributed by atoms with Crippen LogP contribution in [0.4, 0.5) is 0 Å². The monoisotopic (exact) mass is 367 g/mol. The number of carbonyl (C=O) groups excluding carboxylic acids is 2. The fourth-order valence-electron chi connectivity index (χ4n) is 2.88. The number of rotatable bonds is 6. The molecule has 134 valence electrons. The maximum Gasteiger partial charge on any atom is 1.00 e. The third kappa shape index (κ3) is 5.19. The van der Waals surface area contributed by atoms with Crippen LogP contribution in [0.25, 0.3) is 0 Å². The standard InChI is InChI=1S/C19H23NO5.Na/c1-4-15(20-25-5-2)18-16(21)10-14(11-17(18)22)12-6-8-13(9-7-12)19(23)24-3;/h6-9,14,21H,4-5,10-11H2,1-3H3;/q;+1/p-1/b20-15-;. The van der Waals surface area contributed by atoms with Gasteiger partial charge in [-0.15, -0.1) is 5.76 Å². The molecule has 0 aromatic heterocycles. The summed E-state index contributed by atoms with van der Waals surface area (Å²) in [5.41, 5.74) is 1.87. The number of oxime groups is 1. The summed E-state index contributed by atoms with van der Waals surface area (Å²) in [6, 6.07) is 6.81. The number of ketones is 1. The van der Waals surface area contributed by atoms with Gasteiger partial charge in [0.15, 0.2) is 5.78 Å². The number of ether oxygens (including phenoxy) is 1. The molecule has 0 saturated heterocycles. The number of Topliss-reactive ketones (excluding diaryl/α,β-unsaturated/α-hetero) is 1. The summed E-state index contributed by atoms with van der Waals surface area (Å²) in [7, 11) is 1.32. The molecule has 0 aliphatic heterocycles. The summed E-state index contributed by atoms with van der Waals surface area (Å²) in [5.74, 6) is -1.03. The van der Waals surface area contributed by atoms with E-state index in [2.05, 4.69) is 9.89 Å². The zero-order valence-corrected chi connectivity index (χ0v) is 17.7. The van der Waals surface area contributed by atoms with E-state index in [1.165, 1.54) is 7.11 Å². The molecule has 1 aliphatic rings. The van der Waals surface area contributed by atoms with E-state index in [1.54, 1.807) is 31.2 Å². The Morgan fingerprint density at radius 3 is 2.38 bits per heavy atom. The van der Waals surface area contributed by atoms with Crippen molar-refractivity contribution in [1.29, 1.82) is 0 Å². The van der Waals surface area contributed by atoms with Crippen molar-refractivity contribution < 1.29 is 53.8 Å². The number of esters is 1. The van der Waals surface area contributed by atoms with Crippen LogP contribution >= 0.6 is 0 Å². The first kappa shape index (κ1) is 22.4. The molecule has 0 saturated carbocycles. The van der Waals surface area contributed by atoms with Crippen LogP contribution in [0, 0.1) is 0 Å². The Kier molecular flexibility index (Phi) is 9.05. The second-order valence-corrected chi connectivity index (χ2v) is 5.75. The molecule has 6 nitrogen and oxygen atoms in total. The number of carbonyl (C=O) groups is 2. The van der Waals surface area contributed by atoms with Crippen LogP contribution in [0.1, 0.15) is 54.9 Å². The first-order chi connectivity index (χ1) is 12.0. The van der Waals surface area contributed by atoms with Gasteiger partial charge in [0.1, 0.15) is 6.61 Å². The van der Waals surface area contributed by atoms with Gasteiger partial charge < -0.3 is 14.7 Å². The van der Waals surface area contributed by atoms with E-state index < -0.39 is 5.97 Å². The van der Waals surface area contributed by atoms with E-state index in [-0.39, 0.29) is 65.4 Å². The summed E-state index contributed by atoms with van der Waals surface area (Å²) >= 11 is 0. The largest absolute Gasteiger partial charge is 1.00 e. The van der Waals surface area contributed by atoms with Crippen LogP contribution < -0.4 is 34.7 Å². The average molecular weight is 367 g/mol. The average Bonchev–Trinajstić information content (AvgIpc) is 2.63. The Morgan fingerprint density at radius 2 is 1.88 bits per heavy atom. The van der Waals surface area contributed by atoms with Crippen LogP contribution in [-0.4, -0.2) is 31.2 Å². The summed E-state index contributed by atoms with van der Waals surface area (Å²) in [6.07, 6.45) is 0.943. The van der Waals surface area contributed by atoms with E-state index >= 15 is 0 Å². The SMILES string of the molecule is CCO/N=C(/CC)C1=C([O-])CC(c2ccc(C(=O)OC)cc2)CC1=O.[Na+]. The minimum absolute atomic E-state index is 0. The van der Waals surface area contributed by atoms with Crippen LogP contribution in [0.5, 0.6) is 0 Å². The third-order valence-electron chi connectivity index (χ3n) is 4.15. The van der Waals surface area contributed by atoms with Gasteiger partial charge in [0.25, 0.3) is 0 Å². The Hall–Kier alpha value is -1.63. The number of hydrogen-bond acceptors (Lipinski definition) is 6. The van der Waals surface area contributed by atoms with Crippen LogP contribution in [0.3, 0.4) is 0 Å². The van der Waals surface area contributed by atoms with E-state index in [9.17, 15) is 14.7 Å². The molecule has 1 atom stereocenters. The summed E-state index contributed by atoms with van der Waals surface area (Å²) < 4.78 is 4.67. The Morgan fingerprint density at radius 1 is 1.23 bits per heavy atom. The van der Waals surface area contributed by atoms with Gasteiger partial charge in [-0.1, -0.05) is 24.2 Å². The molecule has 1 aromatic rings. The van der Waals surface area contributed by atoms with Crippen molar-refractivity contribution in [3.63, 3.8) is 0 Å². The van der Waals surface area contributed by atoms with E-state index in [4.69, 9.17) is 4.84 Å². The molecule has 7 heteroatoms. The molecule has 1 aliphatic carbocycles. The Bertz CT molecular complexity index is 709. The van der Waals surface area contributed by atoms with Gasteiger partial charge in [-0.2, -0.15) is 0 Å². The van der Waals surface area contributed by atoms with Crippen molar-refractivity contribution in [3.05, 3.63) is 46.7 Å². The summed E-state index contributed by atoms with van der Waals surface area (Å²) in [5, 5.41) is 16.4. The summed E-state index contributed by atoms with van der Waals surface area (Å²) in [4.78, 5) is 29.0. The molecule has 0 amide bonds. The first-order valence-electron chi connectivity index (χ1n) is 8.32. The molecule has 0 heterocycles. The number of nitrogens with zero attached hydrogens (tertiary/aromatic N) is 1. The zero-order chi connectivity index (χ0) is 18.4. The van der Waals surface area contributed by atoms with Crippen molar-refractivity contribution in [1.82, 2.24) is 0 Å². The molecule has 0 N–H and O–H groups in total. The van der Waals surface area contributed by atoms with Gasteiger partial charge in [-0.05, 0) is 43.4 Å². The Balaban J connectivity index is 0.00000338. The van der Waals surface area contributed by atoms with Crippen molar-refractivity contribution in [2.24, 2.45) is 5.16 Å². The van der Waals surface area contributed by atoms with Crippen LogP contribution in [0.2, 0.25) is 0 Å². The van der Waals surface area contributed by atoms with E-state index in [0.717, 1.165) is 5.56 Å². The van der Waals surface area contributed by atoms with E-state index in [0.29, 0.717) is 24.3 Å². The van der Waals surface area contributed by atoms with Gasteiger partial charge in [-0.3, -0.25) is 4.79 Å². The zero-order valence-electron chi connectivity index (χ0n) is 15.7. The molecular weight excluding hydrogens is 345 g/mol. The second-order valence-electron chi connectivity index (χ2n) is 5.75. The van der Waals surface area contributed by atoms with Crippen molar-refractivity contribution in [3.8, 4) is 0 Å². The minimum atomic E-state index is -0.419. The fourth-order valence-corrected chi connectivity index (χ4v) is 2.88. The minimum Gasteiger partial charge on any atom is -0.875 e. The molecule has 0 fully saturated rings. The Labute approximate surface area is 175 Å². The number of allylic oxidation sites excluding steroid dienone is 2.